The summed E-state index contributed by atoms with van der Waals surface area (Å²) in [6, 6.07) is 42.2. The SMILES string of the molecule is CC(C)c1cccc([Si](c2cccc(C(C)C)c2)(c2cccc(C(C)C)c2)[c-]2ccc3ccccc32)c1.[Cl-].[Cl-].[Cl-].[Ti+4]. The van der Waals surface area contributed by atoms with Gasteiger partial charge in [0.2, 0.25) is 0 Å². The Hall–Kier alpha value is -1.71. The van der Waals surface area contributed by atoms with Crippen LogP contribution in [0, 0.1) is 0 Å². The molecule has 5 rings (SSSR count). The fourth-order valence-electron chi connectivity index (χ4n) is 5.84. The normalized spacial score (nSPS) is 11.0. The van der Waals surface area contributed by atoms with Crippen LogP contribution < -0.4 is 58.0 Å². The summed E-state index contributed by atoms with van der Waals surface area (Å²) in [6.45, 7) is 13.8. The van der Waals surface area contributed by atoms with Crippen molar-refractivity contribution in [1.82, 2.24) is 0 Å². The number of halogens is 3. The maximum absolute atomic E-state index is 2.64. The Morgan fingerprint density at radius 3 is 1.27 bits per heavy atom. The van der Waals surface area contributed by atoms with Crippen molar-refractivity contribution < 1.29 is 58.9 Å². The molecule has 0 nitrogen and oxygen atoms in total. The molecule has 0 N–H and O–H groups in total. The fraction of sp³-hybridized carbons (Fsp3) is 0.250. The van der Waals surface area contributed by atoms with E-state index >= 15 is 0 Å². The Labute approximate surface area is 281 Å². The van der Waals surface area contributed by atoms with E-state index in [1.165, 1.54) is 48.2 Å². The third-order valence-electron chi connectivity index (χ3n) is 8.04. The van der Waals surface area contributed by atoms with Gasteiger partial charge in [0.25, 0.3) is 0 Å². The Morgan fingerprint density at radius 1 is 0.488 bits per heavy atom. The third-order valence-corrected chi connectivity index (χ3v) is 12.8. The van der Waals surface area contributed by atoms with E-state index in [1.807, 2.05) is 0 Å². The number of rotatable bonds is 7. The minimum absolute atomic E-state index is 0. The first-order valence-corrected chi connectivity index (χ1v) is 15.8. The van der Waals surface area contributed by atoms with Crippen molar-refractivity contribution in [2.75, 3.05) is 0 Å². The van der Waals surface area contributed by atoms with Crippen molar-refractivity contribution in [2.24, 2.45) is 0 Å². The molecule has 0 radical (unpaired) electrons. The summed E-state index contributed by atoms with van der Waals surface area (Å²) in [7, 11) is -2.64. The molecule has 0 fully saturated rings. The van der Waals surface area contributed by atoms with Gasteiger partial charge in [0.15, 0.2) is 0 Å². The van der Waals surface area contributed by atoms with Gasteiger partial charge >= 0.3 is 21.7 Å². The van der Waals surface area contributed by atoms with Crippen molar-refractivity contribution in [3.63, 3.8) is 0 Å². The van der Waals surface area contributed by atoms with Gasteiger partial charge in [-0.25, -0.2) is 0 Å². The molecule has 0 spiro atoms. The molecule has 0 amide bonds. The van der Waals surface area contributed by atoms with E-state index in [0.29, 0.717) is 17.8 Å². The predicted octanol–water partition coefficient (Wildman–Crippen LogP) is -1.68. The number of hydrogen-bond donors (Lipinski definition) is 0. The Balaban J connectivity index is 0.00000210. The Kier molecular flexibility index (Phi) is 14.3. The molecule has 0 heterocycles. The van der Waals surface area contributed by atoms with E-state index in [9.17, 15) is 0 Å². The molecule has 5 heteroatoms. The quantitative estimate of drug-likeness (QED) is 0.112. The molecule has 0 saturated heterocycles. The molecular formula is C36H39Cl3SiTi. The second kappa shape index (κ2) is 15.7. The zero-order valence-electron chi connectivity index (χ0n) is 24.8. The summed E-state index contributed by atoms with van der Waals surface area (Å²) in [5.74, 6) is 1.44. The van der Waals surface area contributed by atoms with Gasteiger partial charge in [0, 0.05) is 0 Å². The van der Waals surface area contributed by atoms with Gasteiger partial charge in [-0.15, -0.1) is 34.2 Å². The van der Waals surface area contributed by atoms with Crippen LogP contribution in [0.1, 0.15) is 76.0 Å². The zero-order valence-corrected chi connectivity index (χ0v) is 29.6. The standard InChI is InChI=1S/C36H39Si.3ClH.Ti/c1-25(2)29-13-9-16-32(22-29)37(33-17-10-14-30(23-33)26(3)4,34-18-11-15-31(24-34)27(5)6)36-21-20-28-12-7-8-19-35(28)36;;;;/h7-27H,1-6H3;3*1H;/q-1;;;;+4/p-3. The van der Waals surface area contributed by atoms with Gasteiger partial charge < -0.3 is 37.2 Å². The van der Waals surface area contributed by atoms with E-state index in [1.54, 1.807) is 0 Å². The van der Waals surface area contributed by atoms with Gasteiger partial charge in [0.05, 0.1) is 0 Å². The van der Waals surface area contributed by atoms with Gasteiger partial charge in [0.1, 0.15) is 8.07 Å². The molecule has 0 atom stereocenters. The van der Waals surface area contributed by atoms with Crippen molar-refractivity contribution in [3.8, 4) is 0 Å². The van der Waals surface area contributed by atoms with Crippen LogP contribution in [0.3, 0.4) is 0 Å². The average molecular weight is 654 g/mol. The Bertz CT molecular complexity index is 1410. The first kappa shape index (κ1) is 37.3. The van der Waals surface area contributed by atoms with Crippen molar-refractivity contribution in [2.45, 2.75) is 59.3 Å². The minimum atomic E-state index is -2.64. The van der Waals surface area contributed by atoms with Crippen LogP contribution in [0.4, 0.5) is 0 Å². The molecule has 0 bridgehead atoms. The van der Waals surface area contributed by atoms with E-state index in [-0.39, 0.29) is 58.9 Å². The topological polar surface area (TPSA) is 0 Å². The van der Waals surface area contributed by atoms with E-state index < -0.39 is 8.07 Å². The van der Waals surface area contributed by atoms with Gasteiger partial charge in [-0.3, -0.25) is 0 Å². The van der Waals surface area contributed by atoms with Crippen LogP contribution in [-0.4, -0.2) is 8.07 Å². The van der Waals surface area contributed by atoms with E-state index in [2.05, 4.69) is 151 Å². The van der Waals surface area contributed by atoms with Crippen LogP contribution in [0.5, 0.6) is 0 Å². The van der Waals surface area contributed by atoms with Crippen LogP contribution in [-0.2, 0) is 21.7 Å². The minimum Gasteiger partial charge on any atom is -1.00 e. The molecule has 0 aromatic heterocycles. The van der Waals surface area contributed by atoms with Gasteiger partial charge in [-0.2, -0.15) is 12.1 Å². The molecule has 41 heavy (non-hydrogen) atoms. The molecule has 0 aliphatic carbocycles. The van der Waals surface area contributed by atoms with Crippen molar-refractivity contribution in [1.29, 1.82) is 0 Å². The van der Waals surface area contributed by atoms with Crippen LogP contribution >= 0.6 is 0 Å². The van der Waals surface area contributed by atoms with Crippen LogP contribution in [0.25, 0.3) is 10.8 Å². The molecule has 0 unspecified atom stereocenters. The second-order valence-corrected chi connectivity index (χ2v) is 15.2. The summed E-state index contributed by atoms with van der Waals surface area (Å²) in [6.07, 6.45) is 0. The molecular weight excluding hydrogens is 615 g/mol. The largest absolute Gasteiger partial charge is 4.00 e. The first-order chi connectivity index (χ1) is 17.8. The predicted molar refractivity (Wildman–Crippen MR) is 165 cm³/mol. The molecule has 0 aliphatic heterocycles. The maximum atomic E-state index is 2.52. The first-order valence-electron chi connectivity index (χ1n) is 13.8. The van der Waals surface area contributed by atoms with Crippen LogP contribution in [0.2, 0.25) is 0 Å². The smallest absolute Gasteiger partial charge is 1.00 e. The van der Waals surface area contributed by atoms with Crippen molar-refractivity contribution >= 4 is 39.6 Å². The van der Waals surface area contributed by atoms with Crippen molar-refractivity contribution in [3.05, 3.63) is 126 Å². The molecule has 212 valence electrons. The van der Waals surface area contributed by atoms with Gasteiger partial charge in [-0.1, -0.05) is 136 Å². The molecule has 0 aliphatic rings. The number of hydrogen-bond acceptors (Lipinski definition) is 0. The third kappa shape index (κ3) is 7.10. The number of benzene rings is 4. The zero-order chi connectivity index (χ0) is 26.2. The molecule has 5 aromatic rings. The average Bonchev–Trinajstić information content (AvgIpc) is 3.34. The van der Waals surface area contributed by atoms with Gasteiger partial charge in [-0.05, 0) is 34.4 Å². The second-order valence-electron chi connectivity index (χ2n) is 11.4. The summed E-state index contributed by atoms with van der Waals surface area (Å²) in [5.41, 5.74) is 4.22. The maximum Gasteiger partial charge on any atom is 4.00 e. The van der Waals surface area contributed by atoms with E-state index in [4.69, 9.17) is 0 Å². The molecule has 0 saturated carbocycles. The summed E-state index contributed by atoms with van der Waals surface area (Å²) < 4.78 is 0. The van der Waals surface area contributed by atoms with E-state index in [0.717, 1.165) is 0 Å². The monoisotopic (exact) mass is 652 g/mol. The number of fused-ring (bicyclic) bond motifs is 1. The summed E-state index contributed by atoms with van der Waals surface area (Å²) in [5, 5.41) is 8.61. The summed E-state index contributed by atoms with van der Waals surface area (Å²) in [4.78, 5) is 0. The molecule has 5 aromatic carbocycles. The Morgan fingerprint density at radius 2 is 0.878 bits per heavy atom. The fourth-order valence-corrected chi connectivity index (χ4v) is 10.9. The van der Waals surface area contributed by atoms with Crippen LogP contribution in [0.15, 0.2) is 109 Å². The summed E-state index contributed by atoms with van der Waals surface area (Å²) >= 11 is 0.